The van der Waals surface area contributed by atoms with Crippen LogP contribution < -0.4 is 15.3 Å². The molecule has 4 heterocycles. The number of benzene rings is 1. The van der Waals surface area contributed by atoms with E-state index in [1.807, 2.05) is 11.4 Å². The number of amides is 3. The first-order valence-corrected chi connectivity index (χ1v) is 16.4. The number of thiazole rings is 1. The van der Waals surface area contributed by atoms with Gasteiger partial charge in [-0.2, -0.15) is 0 Å². The zero-order valence-electron chi connectivity index (χ0n) is 20.1. The molecule has 10 nitrogen and oxygen atoms in total. The maximum Gasteiger partial charge on any atom is 0.305 e. The molecule has 7 atom stereocenters. The molecule has 3 amide bonds. The van der Waals surface area contributed by atoms with Gasteiger partial charge in [-0.05, 0) is 59.9 Å². The predicted molar refractivity (Wildman–Crippen MR) is 146 cm³/mol. The van der Waals surface area contributed by atoms with Gasteiger partial charge < -0.3 is 10.3 Å². The van der Waals surface area contributed by atoms with Crippen molar-refractivity contribution in [2.45, 2.75) is 27.5 Å². The Morgan fingerprint density at radius 2 is 1.79 bits per heavy atom. The Hall–Kier alpha value is -2.78. The minimum atomic E-state index is -3.87. The average molecular weight is 603 g/mol. The second-order valence-electron chi connectivity index (χ2n) is 10.4. The van der Waals surface area contributed by atoms with Crippen molar-refractivity contribution in [2.24, 2.45) is 34.7 Å². The standard InChI is InChI=1S/C25H22N4O6S4/c26-39(34,35)11-5-3-10(4-6-11)27-15(30)9-29-23(31)17-12-8-13(18(17)24(29)32)20-16(12)19(14-2-1-7-36-14)21-22(37-20)28-25(33)38-21/h1-7,12-13,16-20H,8-9H2,(H,27,30)(H,28,33)(H2,26,34,35). The summed E-state index contributed by atoms with van der Waals surface area (Å²) in [5.74, 6) is -1.98. The number of likely N-dealkylation sites (tertiary alicyclic amines) is 1. The van der Waals surface area contributed by atoms with E-state index in [2.05, 4.69) is 16.4 Å². The van der Waals surface area contributed by atoms with Crippen molar-refractivity contribution in [1.29, 1.82) is 0 Å². The zero-order valence-corrected chi connectivity index (χ0v) is 23.4. The summed E-state index contributed by atoms with van der Waals surface area (Å²) in [4.78, 5) is 58.3. The number of hydrogen-bond acceptors (Lipinski definition) is 9. The van der Waals surface area contributed by atoms with Gasteiger partial charge in [0.15, 0.2) is 0 Å². The molecule has 39 heavy (non-hydrogen) atoms. The number of aromatic nitrogens is 1. The third kappa shape index (κ3) is 3.87. The molecule has 14 heteroatoms. The normalized spacial score (nSPS) is 30.8. The molecule has 7 unspecified atom stereocenters. The fraction of sp³-hybridized carbons (Fsp3) is 0.360. The van der Waals surface area contributed by atoms with Gasteiger partial charge in [-0.1, -0.05) is 17.4 Å². The number of carbonyl (C=O) groups is 3. The van der Waals surface area contributed by atoms with Crippen LogP contribution in [0, 0.1) is 29.6 Å². The Kier molecular flexibility index (Phi) is 5.73. The van der Waals surface area contributed by atoms with Crippen LogP contribution in [-0.4, -0.2) is 47.8 Å². The largest absolute Gasteiger partial charge is 0.325 e. The van der Waals surface area contributed by atoms with Crippen LogP contribution in [0.4, 0.5) is 5.69 Å². The van der Waals surface area contributed by atoms with Gasteiger partial charge in [-0.15, -0.1) is 23.1 Å². The van der Waals surface area contributed by atoms with E-state index >= 15 is 0 Å². The average Bonchev–Trinajstić information content (AvgIpc) is 3.69. The number of primary sulfonamides is 1. The van der Waals surface area contributed by atoms with E-state index < -0.39 is 34.3 Å². The number of rotatable bonds is 5. The molecule has 2 aliphatic heterocycles. The van der Waals surface area contributed by atoms with Gasteiger partial charge >= 0.3 is 4.87 Å². The molecule has 2 aromatic heterocycles. The van der Waals surface area contributed by atoms with Crippen LogP contribution in [0.1, 0.15) is 22.1 Å². The highest BCUT2D eigenvalue weighted by Crippen LogP contribution is 2.68. The van der Waals surface area contributed by atoms with E-state index in [9.17, 15) is 27.6 Å². The number of anilines is 1. The Morgan fingerprint density at radius 3 is 2.46 bits per heavy atom. The summed E-state index contributed by atoms with van der Waals surface area (Å²) < 4.78 is 22.9. The fourth-order valence-electron chi connectivity index (χ4n) is 7.09. The number of thioether (sulfide) groups is 1. The minimum absolute atomic E-state index is 0.00621. The molecular formula is C25H22N4O6S4. The lowest BCUT2D eigenvalue weighted by Crippen LogP contribution is -2.42. The smallest absolute Gasteiger partial charge is 0.305 e. The van der Waals surface area contributed by atoms with Crippen LogP contribution in [0.5, 0.6) is 0 Å². The van der Waals surface area contributed by atoms with E-state index in [-0.39, 0.29) is 50.5 Å². The summed E-state index contributed by atoms with van der Waals surface area (Å²) in [6.45, 7) is -0.404. The Bertz CT molecular complexity index is 1680. The number of H-pyrrole nitrogens is 1. The summed E-state index contributed by atoms with van der Waals surface area (Å²) in [5, 5.41) is 10.7. The second-order valence-corrected chi connectivity index (χ2v) is 15.1. The number of thiophene rings is 1. The van der Waals surface area contributed by atoms with Gasteiger partial charge in [0.25, 0.3) is 0 Å². The van der Waals surface area contributed by atoms with Crippen LogP contribution in [-0.2, 0) is 24.4 Å². The van der Waals surface area contributed by atoms with Crippen LogP contribution in [0.15, 0.2) is 56.5 Å². The highest BCUT2D eigenvalue weighted by Gasteiger charge is 2.69. The van der Waals surface area contributed by atoms with E-state index in [0.29, 0.717) is 5.69 Å². The SMILES string of the molecule is NS(=O)(=O)c1ccc(NC(=O)CN2C(=O)C3C4CC(C3C2=O)C2C(c3cccs3)c3sc(=O)[nH]c3SC42)cc1. The highest BCUT2D eigenvalue weighted by atomic mass is 32.2. The van der Waals surface area contributed by atoms with Crippen molar-refractivity contribution in [3.63, 3.8) is 0 Å². The molecule has 4 aliphatic rings. The van der Waals surface area contributed by atoms with Gasteiger partial charge in [0.1, 0.15) is 6.54 Å². The third-order valence-electron chi connectivity index (χ3n) is 8.43. The number of hydrogen-bond donors (Lipinski definition) is 3. The van der Waals surface area contributed by atoms with Crippen molar-refractivity contribution in [3.8, 4) is 0 Å². The second kappa shape index (κ2) is 8.86. The molecule has 202 valence electrons. The molecule has 7 rings (SSSR count). The van der Waals surface area contributed by atoms with E-state index in [4.69, 9.17) is 5.14 Å². The van der Waals surface area contributed by atoms with Gasteiger partial charge in [-0.3, -0.25) is 24.1 Å². The summed E-state index contributed by atoms with van der Waals surface area (Å²) >= 11 is 4.50. The van der Waals surface area contributed by atoms with Gasteiger partial charge in [0, 0.05) is 26.6 Å². The van der Waals surface area contributed by atoms with Crippen molar-refractivity contribution in [2.75, 3.05) is 11.9 Å². The first-order valence-electron chi connectivity index (χ1n) is 12.3. The summed E-state index contributed by atoms with van der Waals surface area (Å²) in [5.41, 5.74) is 0.327. The number of imide groups is 1. The minimum Gasteiger partial charge on any atom is -0.325 e. The van der Waals surface area contributed by atoms with Crippen molar-refractivity contribution < 1.29 is 22.8 Å². The molecule has 3 aromatic rings. The molecule has 2 bridgehead atoms. The van der Waals surface area contributed by atoms with E-state index in [1.165, 1.54) is 35.6 Å². The Morgan fingerprint density at radius 1 is 1.08 bits per heavy atom. The van der Waals surface area contributed by atoms with Crippen LogP contribution in [0.3, 0.4) is 0 Å². The molecule has 0 spiro atoms. The quantitative estimate of drug-likeness (QED) is 0.378. The van der Waals surface area contributed by atoms with E-state index in [1.54, 1.807) is 23.1 Å². The van der Waals surface area contributed by atoms with Gasteiger partial charge in [0.05, 0.1) is 21.8 Å². The molecule has 4 N–H and O–H groups in total. The topological polar surface area (TPSA) is 159 Å². The molecule has 1 aromatic carbocycles. The summed E-state index contributed by atoms with van der Waals surface area (Å²) in [7, 11) is -3.87. The molecule has 0 radical (unpaired) electrons. The van der Waals surface area contributed by atoms with Crippen molar-refractivity contribution >= 4 is 67.9 Å². The highest BCUT2D eigenvalue weighted by molar-refractivity contribution is 8.00. The zero-order chi connectivity index (χ0) is 27.2. The molecule has 1 saturated heterocycles. The predicted octanol–water partition coefficient (Wildman–Crippen LogP) is 2.26. The first kappa shape index (κ1) is 25.2. The number of fused-ring (bicyclic) bond motifs is 9. The van der Waals surface area contributed by atoms with Gasteiger partial charge in [-0.25, -0.2) is 13.6 Å². The molecular weight excluding hydrogens is 581 g/mol. The molecule has 2 aliphatic carbocycles. The van der Waals surface area contributed by atoms with E-state index in [0.717, 1.165) is 26.1 Å². The maximum atomic E-state index is 13.6. The van der Waals surface area contributed by atoms with Crippen LogP contribution in [0.25, 0.3) is 0 Å². The maximum absolute atomic E-state index is 13.6. The molecule has 3 fully saturated rings. The van der Waals surface area contributed by atoms with Crippen LogP contribution in [0.2, 0.25) is 0 Å². The number of nitrogens with zero attached hydrogens (tertiary/aromatic N) is 1. The van der Waals surface area contributed by atoms with Crippen LogP contribution >= 0.6 is 34.4 Å². The number of carbonyl (C=O) groups excluding carboxylic acids is 3. The number of aromatic amines is 1. The summed E-state index contributed by atoms with van der Waals surface area (Å²) in [6, 6.07) is 9.41. The first-order chi connectivity index (χ1) is 18.6. The lowest BCUT2D eigenvalue weighted by atomic mass is 9.69. The molecule has 2 saturated carbocycles. The number of sulfonamides is 1. The Labute approximate surface area is 235 Å². The van der Waals surface area contributed by atoms with Crippen molar-refractivity contribution in [3.05, 3.63) is 61.2 Å². The summed E-state index contributed by atoms with van der Waals surface area (Å²) in [6.07, 6.45) is 0.784. The number of nitrogens with one attached hydrogen (secondary N) is 2. The van der Waals surface area contributed by atoms with Gasteiger partial charge in [0.2, 0.25) is 27.7 Å². The monoisotopic (exact) mass is 602 g/mol. The third-order valence-corrected chi connectivity index (χ3v) is 12.9. The lowest BCUT2D eigenvalue weighted by Gasteiger charge is -2.42. The van der Waals surface area contributed by atoms with Crippen molar-refractivity contribution in [1.82, 2.24) is 9.88 Å². The Balaban J connectivity index is 1.13. The number of nitrogens with two attached hydrogens (primary N) is 1. The lowest BCUT2D eigenvalue weighted by molar-refractivity contribution is -0.143. The fourth-order valence-corrected chi connectivity index (χ4v) is 11.5.